The third-order valence-electron chi connectivity index (χ3n) is 4.56. The molecule has 0 amide bonds. The lowest BCUT2D eigenvalue weighted by Crippen LogP contribution is -2.43. The highest BCUT2D eigenvalue weighted by molar-refractivity contribution is 5.56. The summed E-state index contributed by atoms with van der Waals surface area (Å²) in [6.45, 7) is 8.08. The van der Waals surface area contributed by atoms with Crippen LogP contribution in [0.3, 0.4) is 0 Å². The van der Waals surface area contributed by atoms with E-state index < -0.39 is 5.54 Å². The fraction of sp³-hybridized carbons (Fsp3) is 0.368. The van der Waals surface area contributed by atoms with Crippen molar-refractivity contribution in [1.82, 2.24) is 9.97 Å². The van der Waals surface area contributed by atoms with Gasteiger partial charge in [0.05, 0.1) is 17.7 Å². The first-order valence-corrected chi connectivity index (χ1v) is 8.23. The standard InChI is InChI=1S/C19H22FN3O/c1-4-24-14(3)15-11-21-18(22-12-15)23-19(9-6-10-19)16-8-5-7-13(2)17(16)20/h5,7-8,11-12H,3-4,6,9-10H2,1-2H3,(H,21,22,23). The number of nitrogens with one attached hydrogen (secondary N) is 1. The van der Waals surface area contributed by atoms with Crippen molar-refractivity contribution in [2.45, 2.75) is 38.6 Å². The van der Waals surface area contributed by atoms with Crippen molar-refractivity contribution >= 4 is 11.7 Å². The van der Waals surface area contributed by atoms with E-state index in [1.54, 1.807) is 25.4 Å². The van der Waals surface area contributed by atoms with Crippen LogP contribution in [0.5, 0.6) is 0 Å². The van der Waals surface area contributed by atoms with Gasteiger partial charge in [-0.3, -0.25) is 0 Å². The van der Waals surface area contributed by atoms with Gasteiger partial charge in [0.25, 0.3) is 0 Å². The van der Waals surface area contributed by atoms with E-state index in [0.717, 1.165) is 24.8 Å². The smallest absolute Gasteiger partial charge is 0.223 e. The molecule has 3 rings (SSSR count). The zero-order chi connectivity index (χ0) is 17.2. The predicted molar refractivity (Wildman–Crippen MR) is 93.0 cm³/mol. The average molecular weight is 327 g/mol. The van der Waals surface area contributed by atoms with E-state index in [1.165, 1.54) is 0 Å². The summed E-state index contributed by atoms with van der Waals surface area (Å²) in [6, 6.07) is 5.53. The van der Waals surface area contributed by atoms with Crippen molar-refractivity contribution in [3.63, 3.8) is 0 Å². The molecule has 0 bridgehead atoms. The minimum Gasteiger partial charge on any atom is -0.494 e. The number of hydrogen-bond acceptors (Lipinski definition) is 4. The minimum absolute atomic E-state index is 0.147. The molecule has 24 heavy (non-hydrogen) atoms. The van der Waals surface area contributed by atoms with Gasteiger partial charge in [0.2, 0.25) is 5.95 Å². The summed E-state index contributed by atoms with van der Waals surface area (Å²) in [7, 11) is 0. The quantitative estimate of drug-likeness (QED) is 0.798. The summed E-state index contributed by atoms with van der Waals surface area (Å²) in [4.78, 5) is 8.68. The number of rotatable bonds is 6. The number of benzene rings is 1. The maximum Gasteiger partial charge on any atom is 0.223 e. The van der Waals surface area contributed by atoms with Crippen LogP contribution in [0.1, 0.15) is 42.9 Å². The van der Waals surface area contributed by atoms with Crippen molar-refractivity contribution in [2.75, 3.05) is 11.9 Å². The van der Waals surface area contributed by atoms with Gasteiger partial charge < -0.3 is 10.1 Å². The number of halogens is 1. The Hall–Kier alpha value is -2.43. The third kappa shape index (κ3) is 2.98. The molecule has 2 aromatic rings. The Morgan fingerprint density at radius 2 is 2.04 bits per heavy atom. The molecule has 126 valence electrons. The fourth-order valence-corrected chi connectivity index (χ4v) is 3.02. The largest absolute Gasteiger partial charge is 0.494 e. The van der Waals surface area contributed by atoms with E-state index in [4.69, 9.17) is 4.74 Å². The van der Waals surface area contributed by atoms with Crippen LogP contribution in [0.2, 0.25) is 0 Å². The van der Waals surface area contributed by atoms with Crippen LogP contribution in [0.25, 0.3) is 5.76 Å². The molecule has 0 atom stereocenters. The Morgan fingerprint density at radius 3 is 2.62 bits per heavy atom. The molecular formula is C19H22FN3O. The molecule has 0 aliphatic heterocycles. The Morgan fingerprint density at radius 1 is 1.33 bits per heavy atom. The van der Waals surface area contributed by atoms with E-state index in [2.05, 4.69) is 21.9 Å². The van der Waals surface area contributed by atoms with Crippen LogP contribution in [-0.4, -0.2) is 16.6 Å². The highest BCUT2D eigenvalue weighted by atomic mass is 19.1. The number of hydrogen-bond donors (Lipinski definition) is 1. The van der Waals surface area contributed by atoms with E-state index in [-0.39, 0.29) is 5.82 Å². The molecular weight excluding hydrogens is 305 g/mol. The van der Waals surface area contributed by atoms with Crippen LogP contribution in [-0.2, 0) is 10.3 Å². The molecule has 1 saturated carbocycles. The van der Waals surface area contributed by atoms with Gasteiger partial charge in [0.1, 0.15) is 11.6 Å². The summed E-state index contributed by atoms with van der Waals surface area (Å²) in [5.41, 5.74) is 1.67. The Kier molecular flexibility index (Phi) is 4.51. The average Bonchev–Trinajstić information content (AvgIpc) is 2.55. The zero-order valence-electron chi connectivity index (χ0n) is 14.1. The molecule has 0 radical (unpaired) electrons. The van der Waals surface area contributed by atoms with Gasteiger partial charge in [-0.15, -0.1) is 0 Å². The molecule has 1 heterocycles. The molecule has 1 aromatic heterocycles. The Balaban J connectivity index is 1.83. The molecule has 1 N–H and O–H groups in total. The second-order valence-electron chi connectivity index (χ2n) is 6.15. The van der Waals surface area contributed by atoms with Crippen molar-refractivity contribution in [3.05, 3.63) is 59.7 Å². The molecule has 1 aliphatic carbocycles. The summed E-state index contributed by atoms with van der Waals surface area (Å²) in [5.74, 6) is 0.891. The minimum atomic E-state index is -0.422. The first-order valence-electron chi connectivity index (χ1n) is 8.23. The summed E-state index contributed by atoms with van der Waals surface area (Å²) < 4.78 is 19.9. The van der Waals surface area contributed by atoms with Crippen LogP contribution in [0.15, 0.2) is 37.2 Å². The second kappa shape index (κ2) is 6.59. The van der Waals surface area contributed by atoms with E-state index >= 15 is 0 Å². The zero-order valence-corrected chi connectivity index (χ0v) is 14.1. The maximum atomic E-state index is 14.6. The van der Waals surface area contributed by atoms with Crippen molar-refractivity contribution in [1.29, 1.82) is 0 Å². The van der Waals surface area contributed by atoms with Gasteiger partial charge >= 0.3 is 0 Å². The number of aryl methyl sites for hydroxylation is 1. The van der Waals surface area contributed by atoms with Gasteiger partial charge in [-0.2, -0.15) is 0 Å². The molecule has 0 spiro atoms. The van der Waals surface area contributed by atoms with E-state index in [0.29, 0.717) is 29.4 Å². The molecule has 1 aliphatic rings. The lowest BCUT2D eigenvalue weighted by molar-refractivity contribution is 0.272. The predicted octanol–water partition coefficient (Wildman–Crippen LogP) is 4.42. The molecule has 1 aromatic carbocycles. The highest BCUT2D eigenvalue weighted by Gasteiger charge is 2.41. The molecule has 4 nitrogen and oxygen atoms in total. The van der Waals surface area contributed by atoms with Crippen molar-refractivity contribution in [2.24, 2.45) is 0 Å². The molecule has 0 saturated heterocycles. The lowest BCUT2D eigenvalue weighted by atomic mass is 9.71. The van der Waals surface area contributed by atoms with Gasteiger partial charge in [-0.25, -0.2) is 14.4 Å². The first kappa shape index (κ1) is 16.4. The normalized spacial score (nSPS) is 15.5. The monoisotopic (exact) mass is 327 g/mol. The van der Waals surface area contributed by atoms with E-state index in [1.807, 2.05) is 19.1 Å². The van der Waals surface area contributed by atoms with Crippen molar-refractivity contribution in [3.8, 4) is 0 Å². The summed E-state index contributed by atoms with van der Waals surface area (Å²) >= 11 is 0. The first-order chi connectivity index (χ1) is 11.6. The van der Waals surface area contributed by atoms with E-state index in [9.17, 15) is 4.39 Å². The second-order valence-corrected chi connectivity index (χ2v) is 6.15. The SMILES string of the molecule is C=C(OCC)c1cnc(NC2(c3cccc(C)c3F)CCC2)nc1. The topological polar surface area (TPSA) is 47.0 Å². The van der Waals surface area contributed by atoms with Crippen LogP contribution < -0.4 is 5.32 Å². The number of aromatic nitrogens is 2. The Bertz CT molecular complexity index is 739. The fourth-order valence-electron chi connectivity index (χ4n) is 3.02. The maximum absolute atomic E-state index is 14.6. The van der Waals surface area contributed by atoms with Gasteiger partial charge in [-0.1, -0.05) is 24.8 Å². The summed E-state index contributed by atoms with van der Waals surface area (Å²) in [5, 5.41) is 3.34. The number of nitrogens with zero attached hydrogens (tertiary/aromatic N) is 2. The van der Waals surface area contributed by atoms with Crippen LogP contribution in [0.4, 0.5) is 10.3 Å². The molecule has 5 heteroatoms. The third-order valence-corrected chi connectivity index (χ3v) is 4.56. The molecule has 0 unspecified atom stereocenters. The lowest BCUT2D eigenvalue weighted by Gasteiger charge is -2.43. The summed E-state index contributed by atoms with van der Waals surface area (Å²) in [6.07, 6.45) is 6.13. The number of anilines is 1. The van der Waals surface area contributed by atoms with Gasteiger partial charge in [0.15, 0.2) is 0 Å². The molecule has 1 fully saturated rings. The van der Waals surface area contributed by atoms with Gasteiger partial charge in [-0.05, 0) is 38.7 Å². The highest BCUT2D eigenvalue weighted by Crippen LogP contribution is 2.44. The van der Waals surface area contributed by atoms with Crippen LogP contribution >= 0.6 is 0 Å². The number of ether oxygens (including phenoxy) is 1. The van der Waals surface area contributed by atoms with Crippen LogP contribution in [0, 0.1) is 12.7 Å². The van der Waals surface area contributed by atoms with Gasteiger partial charge in [0, 0.05) is 18.0 Å². The Labute approximate surface area is 141 Å². The van der Waals surface area contributed by atoms with Crippen molar-refractivity contribution < 1.29 is 9.13 Å².